The van der Waals surface area contributed by atoms with Crippen molar-refractivity contribution in [2.24, 2.45) is 0 Å². The van der Waals surface area contributed by atoms with Crippen molar-refractivity contribution in [3.8, 4) is 11.4 Å². The highest BCUT2D eigenvalue weighted by atomic mass is 32.2. The molecule has 0 aliphatic rings. The van der Waals surface area contributed by atoms with Crippen LogP contribution in [0.1, 0.15) is 42.3 Å². The fourth-order valence-corrected chi connectivity index (χ4v) is 3.53. The maximum atomic E-state index is 12.3. The van der Waals surface area contributed by atoms with Gasteiger partial charge in [-0.25, -0.2) is 4.68 Å². The molecule has 3 N–H and O–H groups in total. The van der Waals surface area contributed by atoms with E-state index in [1.165, 1.54) is 4.68 Å². The number of nitrogen functional groups attached to an aromatic ring is 1. The summed E-state index contributed by atoms with van der Waals surface area (Å²) >= 11 is 1.12. The predicted octanol–water partition coefficient (Wildman–Crippen LogP) is 3.31. The summed E-state index contributed by atoms with van der Waals surface area (Å²) in [5.41, 5.74) is 3.45. The molecule has 2 aromatic carbocycles. The quantitative estimate of drug-likeness (QED) is 0.482. The summed E-state index contributed by atoms with van der Waals surface area (Å²) in [5, 5.41) is 11.0. The molecule has 0 fully saturated rings. The van der Waals surface area contributed by atoms with Crippen molar-refractivity contribution in [3.63, 3.8) is 0 Å². The smallest absolute Gasteiger partial charge is 0.257 e. The third-order valence-electron chi connectivity index (χ3n) is 4.65. The Morgan fingerprint density at radius 1 is 1.07 bits per heavy atom. The SMILES string of the molecule is Cc1ccccc1-c1nnc(SCC(=O)NC(=O)c2ccc(C(C)(C)C)cc2)n1N. The summed E-state index contributed by atoms with van der Waals surface area (Å²) in [5.74, 6) is 5.76. The molecule has 0 saturated carbocycles. The normalized spacial score (nSPS) is 11.3. The van der Waals surface area contributed by atoms with Crippen LogP contribution in [0.3, 0.4) is 0 Å². The number of imide groups is 1. The van der Waals surface area contributed by atoms with Crippen molar-refractivity contribution >= 4 is 23.6 Å². The maximum absolute atomic E-state index is 12.3. The predicted molar refractivity (Wildman–Crippen MR) is 119 cm³/mol. The van der Waals surface area contributed by atoms with E-state index >= 15 is 0 Å². The van der Waals surface area contributed by atoms with Gasteiger partial charge in [-0.3, -0.25) is 14.9 Å². The molecule has 0 spiro atoms. The second-order valence-electron chi connectivity index (χ2n) is 7.98. The van der Waals surface area contributed by atoms with Gasteiger partial charge in [-0.05, 0) is 35.6 Å². The van der Waals surface area contributed by atoms with Gasteiger partial charge in [-0.15, -0.1) is 10.2 Å². The van der Waals surface area contributed by atoms with Crippen LogP contribution < -0.4 is 11.2 Å². The molecule has 0 unspecified atom stereocenters. The monoisotopic (exact) mass is 423 g/mol. The molecular formula is C22H25N5O2S. The molecule has 0 aliphatic carbocycles. The minimum atomic E-state index is -0.434. The number of rotatable bonds is 5. The van der Waals surface area contributed by atoms with Crippen LogP contribution in [0.4, 0.5) is 0 Å². The lowest BCUT2D eigenvalue weighted by atomic mass is 9.87. The molecule has 3 rings (SSSR count). The number of amides is 2. The van der Waals surface area contributed by atoms with E-state index in [2.05, 4.69) is 36.3 Å². The third-order valence-corrected chi connectivity index (χ3v) is 5.59. The first-order valence-corrected chi connectivity index (χ1v) is 10.5. The van der Waals surface area contributed by atoms with E-state index in [1.807, 2.05) is 43.3 Å². The number of carbonyl (C=O) groups is 2. The molecule has 8 heteroatoms. The van der Waals surface area contributed by atoms with E-state index in [0.29, 0.717) is 16.5 Å². The molecule has 7 nitrogen and oxygen atoms in total. The van der Waals surface area contributed by atoms with Gasteiger partial charge < -0.3 is 5.84 Å². The lowest BCUT2D eigenvalue weighted by molar-refractivity contribution is -0.117. The minimum absolute atomic E-state index is 0.00319. The number of nitrogens with zero attached hydrogens (tertiary/aromatic N) is 3. The number of aromatic nitrogens is 3. The highest BCUT2D eigenvalue weighted by molar-refractivity contribution is 7.99. The highest BCUT2D eigenvalue weighted by Crippen LogP contribution is 2.24. The number of hydrogen-bond donors (Lipinski definition) is 2. The Morgan fingerprint density at radius 2 is 1.73 bits per heavy atom. The van der Waals surface area contributed by atoms with E-state index in [-0.39, 0.29) is 11.2 Å². The summed E-state index contributed by atoms with van der Waals surface area (Å²) in [4.78, 5) is 24.5. The fourth-order valence-electron chi connectivity index (χ4n) is 2.87. The number of thioether (sulfide) groups is 1. The first-order chi connectivity index (χ1) is 14.2. The van der Waals surface area contributed by atoms with Crippen LogP contribution in [0.2, 0.25) is 0 Å². The molecule has 0 saturated heterocycles. The van der Waals surface area contributed by atoms with Crippen LogP contribution in [0.25, 0.3) is 11.4 Å². The zero-order chi connectivity index (χ0) is 21.9. The minimum Gasteiger partial charge on any atom is -0.335 e. The van der Waals surface area contributed by atoms with Gasteiger partial charge in [0.25, 0.3) is 5.91 Å². The van der Waals surface area contributed by atoms with E-state index in [9.17, 15) is 9.59 Å². The summed E-state index contributed by atoms with van der Waals surface area (Å²) < 4.78 is 1.35. The van der Waals surface area contributed by atoms with Gasteiger partial charge >= 0.3 is 0 Å². The van der Waals surface area contributed by atoms with Crippen LogP contribution in [0, 0.1) is 6.92 Å². The van der Waals surface area contributed by atoms with Crippen molar-refractivity contribution in [2.45, 2.75) is 38.3 Å². The molecule has 0 radical (unpaired) electrons. The Labute approximate surface area is 180 Å². The topological polar surface area (TPSA) is 103 Å². The van der Waals surface area contributed by atoms with E-state index in [1.54, 1.807) is 12.1 Å². The maximum Gasteiger partial charge on any atom is 0.257 e. The molecule has 0 bridgehead atoms. The van der Waals surface area contributed by atoms with Gasteiger partial charge in [0, 0.05) is 11.1 Å². The number of benzene rings is 2. The van der Waals surface area contributed by atoms with Crippen molar-refractivity contribution < 1.29 is 9.59 Å². The second-order valence-corrected chi connectivity index (χ2v) is 8.93. The summed E-state index contributed by atoms with van der Waals surface area (Å²) in [6.07, 6.45) is 0. The fraction of sp³-hybridized carbons (Fsp3) is 0.273. The average Bonchev–Trinajstić information content (AvgIpc) is 3.06. The lowest BCUT2D eigenvalue weighted by Crippen LogP contribution is -2.32. The first-order valence-electron chi connectivity index (χ1n) is 9.51. The number of aryl methyl sites for hydroxylation is 1. The van der Waals surface area contributed by atoms with Gasteiger partial charge in [-0.1, -0.05) is 68.9 Å². The molecule has 1 heterocycles. The van der Waals surface area contributed by atoms with Crippen molar-refractivity contribution in [3.05, 3.63) is 65.2 Å². The standard InChI is InChI=1S/C22H25N5O2S/c1-14-7-5-6-8-17(14)19-25-26-21(27(19)23)30-13-18(28)24-20(29)15-9-11-16(12-10-15)22(2,3)4/h5-12H,13,23H2,1-4H3,(H,24,28,29). The first kappa shape index (κ1) is 21.6. The zero-order valence-corrected chi connectivity index (χ0v) is 18.3. The van der Waals surface area contributed by atoms with Gasteiger partial charge in [0.1, 0.15) is 0 Å². The van der Waals surface area contributed by atoms with Crippen LogP contribution in [-0.4, -0.2) is 32.4 Å². The van der Waals surface area contributed by atoms with Crippen molar-refractivity contribution in [2.75, 3.05) is 11.6 Å². The van der Waals surface area contributed by atoms with Crippen molar-refractivity contribution in [1.29, 1.82) is 0 Å². The Balaban J connectivity index is 1.60. The van der Waals surface area contributed by atoms with E-state index in [0.717, 1.165) is 28.5 Å². The lowest BCUT2D eigenvalue weighted by Gasteiger charge is -2.18. The summed E-state index contributed by atoms with van der Waals surface area (Å²) in [6, 6.07) is 15.0. The third kappa shape index (κ3) is 4.88. The van der Waals surface area contributed by atoms with Crippen LogP contribution in [0.5, 0.6) is 0 Å². The highest BCUT2D eigenvalue weighted by Gasteiger charge is 2.17. The molecule has 2 amide bonds. The van der Waals surface area contributed by atoms with Crippen LogP contribution >= 0.6 is 11.8 Å². The Bertz CT molecular complexity index is 1070. The van der Waals surface area contributed by atoms with Gasteiger partial charge in [0.05, 0.1) is 5.75 Å². The number of carbonyl (C=O) groups excluding carboxylic acids is 2. The molecule has 156 valence electrons. The Kier molecular flexibility index (Phi) is 6.26. The second kappa shape index (κ2) is 8.71. The van der Waals surface area contributed by atoms with Gasteiger partial charge in [0.2, 0.25) is 11.1 Å². The summed E-state index contributed by atoms with van der Waals surface area (Å²) in [7, 11) is 0. The number of hydrogen-bond acceptors (Lipinski definition) is 6. The van der Waals surface area contributed by atoms with E-state index in [4.69, 9.17) is 5.84 Å². The molecule has 30 heavy (non-hydrogen) atoms. The Morgan fingerprint density at radius 3 is 2.37 bits per heavy atom. The average molecular weight is 424 g/mol. The molecule has 0 atom stereocenters. The molecule has 1 aromatic heterocycles. The zero-order valence-electron chi connectivity index (χ0n) is 17.5. The summed E-state index contributed by atoms with van der Waals surface area (Å²) in [6.45, 7) is 8.26. The molecule has 3 aromatic rings. The Hall–Kier alpha value is -3.13. The van der Waals surface area contributed by atoms with Crippen LogP contribution in [0.15, 0.2) is 53.7 Å². The van der Waals surface area contributed by atoms with Crippen molar-refractivity contribution in [1.82, 2.24) is 20.2 Å². The van der Waals surface area contributed by atoms with Gasteiger partial charge in [-0.2, -0.15) is 0 Å². The van der Waals surface area contributed by atoms with Crippen LogP contribution in [-0.2, 0) is 10.2 Å². The number of nitrogens with one attached hydrogen (secondary N) is 1. The molecule has 0 aliphatic heterocycles. The number of nitrogens with two attached hydrogens (primary N) is 1. The van der Waals surface area contributed by atoms with E-state index < -0.39 is 11.8 Å². The molecular weight excluding hydrogens is 398 g/mol. The largest absolute Gasteiger partial charge is 0.335 e. The van der Waals surface area contributed by atoms with Gasteiger partial charge in [0.15, 0.2) is 5.82 Å².